The molecule has 1 rings (SSSR count). The maximum atomic E-state index is 10.9. The Balaban J connectivity index is 2.57. The summed E-state index contributed by atoms with van der Waals surface area (Å²) in [7, 11) is 0. The second kappa shape index (κ2) is 4.46. The number of hydrogen-bond acceptors (Lipinski definition) is 2. The fourth-order valence-electron chi connectivity index (χ4n) is 1.74. The van der Waals surface area contributed by atoms with E-state index in [1.54, 1.807) is 0 Å². The van der Waals surface area contributed by atoms with E-state index in [1.165, 1.54) is 4.90 Å². The summed E-state index contributed by atoms with van der Waals surface area (Å²) in [6.07, 6.45) is 1.04. The minimum absolute atomic E-state index is 0.0317. The standard InChI is InChI=1S/C9H17NO3/c1-7(2)10(9(11)12)8-4-3-5-13-6-8/h7-8H,3-6H2,1-2H3,(H,11,12)/t8-/m1/s1. The summed E-state index contributed by atoms with van der Waals surface area (Å²) in [6.45, 7) is 5.10. The van der Waals surface area contributed by atoms with Gasteiger partial charge in [-0.3, -0.25) is 0 Å². The Kier molecular flexibility index (Phi) is 3.54. The molecule has 0 bridgehead atoms. The summed E-state index contributed by atoms with van der Waals surface area (Å²) >= 11 is 0. The molecule has 0 aromatic carbocycles. The van der Waals surface area contributed by atoms with Crippen LogP contribution in [0, 0.1) is 0 Å². The number of carboxylic acid groups (broad SMARTS) is 1. The number of hydrogen-bond donors (Lipinski definition) is 1. The van der Waals surface area contributed by atoms with Crippen LogP contribution >= 0.6 is 0 Å². The van der Waals surface area contributed by atoms with Crippen LogP contribution in [0.2, 0.25) is 0 Å². The van der Waals surface area contributed by atoms with Crippen molar-refractivity contribution in [1.82, 2.24) is 4.90 Å². The lowest BCUT2D eigenvalue weighted by Gasteiger charge is -2.34. The molecule has 76 valence electrons. The highest BCUT2D eigenvalue weighted by Gasteiger charge is 2.27. The maximum Gasteiger partial charge on any atom is 0.407 e. The first-order valence-corrected chi connectivity index (χ1v) is 4.72. The summed E-state index contributed by atoms with van der Waals surface area (Å²) in [6, 6.07) is 0.0791. The van der Waals surface area contributed by atoms with Crippen molar-refractivity contribution in [2.24, 2.45) is 0 Å². The normalized spacial score (nSPS) is 23.2. The van der Waals surface area contributed by atoms with Gasteiger partial charge >= 0.3 is 6.09 Å². The highest BCUT2D eigenvalue weighted by molar-refractivity contribution is 5.65. The van der Waals surface area contributed by atoms with Gasteiger partial charge in [-0.25, -0.2) is 4.79 Å². The van der Waals surface area contributed by atoms with E-state index in [9.17, 15) is 4.79 Å². The molecule has 0 unspecified atom stereocenters. The zero-order valence-corrected chi connectivity index (χ0v) is 8.19. The van der Waals surface area contributed by atoms with Crippen molar-refractivity contribution in [2.45, 2.75) is 38.8 Å². The summed E-state index contributed by atoms with van der Waals surface area (Å²) in [5.41, 5.74) is 0. The van der Waals surface area contributed by atoms with Crippen LogP contribution in [0.25, 0.3) is 0 Å². The number of rotatable bonds is 2. The van der Waals surface area contributed by atoms with Gasteiger partial charge in [0.05, 0.1) is 12.6 Å². The second-order valence-corrected chi connectivity index (χ2v) is 3.65. The molecule has 1 aliphatic heterocycles. The molecule has 4 nitrogen and oxygen atoms in total. The first kappa shape index (κ1) is 10.3. The van der Waals surface area contributed by atoms with Crippen LogP contribution in [0.1, 0.15) is 26.7 Å². The van der Waals surface area contributed by atoms with E-state index in [4.69, 9.17) is 9.84 Å². The van der Waals surface area contributed by atoms with Gasteiger partial charge in [0.25, 0.3) is 0 Å². The van der Waals surface area contributed by atoms with Crippen LogP contribution < -0.4 is 0 Å². The van der Waals surface area contributed by atoms with Crippen LogP contribution in [-0.2, 0) is 4.74 Å². The predicted molar refractivity (Wildman–Crippen MR) is 48.8 cm³/mol. The van der Waals surface area contributed by atoms with Crippen molar-refractivity contribution in [3.8, 4) is 0 Å². The molecule has 1 heterocycles. The van der Waals surface area contributed by atoms with E-state index in [2.05, 4.69) is 0 Å². The average Bonchev–Trinajstić information content (AvgIpc) is 2.04. The molecule has 0 saturated carbocycles. The molecule has 0 aromatic heterocycles. The minimum atomic E-state index is -0.842. The van der Waals surface area contributed by atoms with Gasteiger partial charge in [-0.05, 0) is 26.7 Å². The number of amides is 1. The van der Waals surface area contributed by atoms with Crippen molar-refractivity contribution >= 4 is 6.09 Å². The van der Waals surface area contributed by atoms with Crippen LogP contribution in [0.5, 0.6) is 0 Å². The van der Waals surface area contributed by atoms with Crippen LogP contribution in [0.4, 0.5) is 4.79 Å². The lowest BCUT2D eigenvalue weighted by Crippen LogP contribution is -2.47. The third-order valence-electron chi connectivity index (χ3n) is 2.31. The molecule has 0 aromatic rings. The molecule has 0 spiro atoms. The minimum Gasteiger partial charge on any atom is -0.465 e. The molecule has 13 heavy (non-hydrogen) atoms. The molecule has 4 heteroatoms. The molecule has 1 saturated heterocycles. The number of nitrogens with zero attached hydrogens (tertiary/aromatic N) is 1. The molecule has 1 N–H and O–H groups in total. The molecule has 1 fully saturated rings. The Hall–Kier alpha value is -0.770. The van der Waals surface area contributed by atoms with Crippen molar-refractivity contribution in [1.29, 1.82) is 0 Å². The van der Waals surface area contributed by atoms with Crippen LogP contribution in [-0.4, -0.2) is 41.4 Å². The Bertz CT molecular complexity index is 176. The van der Waals surface area contributed by atoms with E-state index in [0.717, 1.165) is 19.4 Å². The highest BCUT2D eigenvalue weighted by atomic mass is 16.5. The van der Waals surface area contributed by atoms with Gasteiger partial charge in [0.1, 0.15) is 0 Å². The van der Waals surface area contributed by atoms with Crippen molar-refractivity contribution in [3.63, 3.8) is 0 Å². The van der Waals surface area contributed by atoms with Gasteiger partial charge < -0.3 is 14.7 Å². The average molecular weight is 187 g/mol. The Morgan fingerprint density at radius 1 is 1.62 bits per heavy atom. The van der Waals surface area contributed by atoms with E-state index in [0.29, 0.717) is 6.61 Å². The first-order valence-electron chi connectivity index (χ1n) is 4.72. The smallest absolute Gasteiger partial charge is 0.407 e. The zero-order valence-electron chi connectivity index (χ0n) is 8.19. The fourth-order valence-corrected chi connectivity index (χ4v) is 1.74. The maximum absolute atomic E-state index is 10.9. The quantitative estimate of drug-likeness (QED) is 0.713. The van der Waals surface area contributed by atoms with Gasteiger partial charge in [0, 0.05) is 12.6 Å². The molecule has 1 amide bonds. The van der Waals surface area contributed by atoms with E-state index >= 15 is 0 Å². The van der Waals surface area contributed by atoms with Gasteiger partial charge in [-0.2, -0.15) is 0 Å². The molecule has 1 aliphatic rings. The Labute approximate surface area is 78.5 Å². The lowest BCUT2D eigenvalue weighted by molar-refractivity contribution is 0.0110. The largest absolute Gasteiger partial charge is 0.465 e. The van der Waals surface area contributed by atoms with Crippen molar-refractivity contribution in [2.75, 3.05) is 13.2 Å². The van der Waals surface area contributed by atoms with Gasteiger partial charge in [0.15, 0.2) is 0 Å². The van der Waals surface area contributed by atoms with E-state index in [-0.39, 0.29) is 12.1 Å². The van der Waals surface area contributed by atoms with E-state index < -0.39 is 6.09 Å². The Morgan fingerprint density at radius 2 is 2.31 bits per heavy atom. The SMILES string of the molecule is CC(C)N(C(=O)O)[C@@H]1CCCOC1. The molecule has 1 atom stereocenters. The fraction of sp³-hybridized carbons (Fsp3) is 0.889. The van der Waals surface area contributed by atoms with Crippen molar-refractivity contribution < 1.29 is 14.6 Å². The predicted octanol–water partition coefficient (Wildman–Crippen LogP) is 1.55. The highest BCUT2D eigenvalue weighted by Crippen LogP contribution is 2.16. The van der Waals surface area contributed by atoms with Crippen LogP contribution in [0.3, 0.4) is 0 Å². The molecular weight excluding hydrogens is 170 g/mol. The third kappa shape index (κ3) is 2.59. The van der Waals surface area contributed by atoms with Crippen molar-refractivity contribution in [3.05, 3.63) is 0 Å². The summed E-state index contributed by atoms with van der Waals surface area (Å²) < 4.78 is 5.26. The summed E-state index contributed by atoms with van der Waals surface area (Å²) in [5.74, 6) is 0. The monoisotopic (exact) mass is 187 g/mol. The van der Waals surface area contributed by atoms with Gasteiger partial charge in [0.2, 0.25) is 0 Å². The molecule has 0 aliphatic carbocycles. The number of carbonyl (C=O) groups is 1. The third-order valence-corrected chi connectivity index (χ3v) is 2.31. The second-order valence-electron chi connectivity index (χ2n) is 3.65. The number of ether oxygens (including phenoxy) is 1. The Morgan fingerprint density at radius 3 is 2.69 bits per heavy atom. The topological polar surface area (TPSA) is 49.8 Å². The van der Waals surface area contributed by atoms with E-state index in [1.807, 2.05) is 13.8 Å². The zero-order chi connectivity index (χ0) is 9.84. The molecule has 0 radical (unpaired) electrons. The lowest BCUT2D eigenvalue weighted by atomic mass is 10.1. The van der Waals surface area contributed by atoms with Gasteiger partial charge in [-0.1, -0.05) is 0 Å². The summed E-state index contributed by atoms with van der Waals surface area (Å²) in [4.78, 5) is 12.4. The van der Waals surface area contributed by atoms with Gasteiger partial charge in [-0.15, -0.1) is 0 Å². The summed E-state index contributed by atoms with van der Waals surface area (Å²) in [5, 5.41) is 8.97. The van der Waals surface area contributed by atoms with Crippen LogP contribution in [0.15, 0.2) is 0 Å². The molecular formula is C9H17NO3. The first-order chi connectivity index (χ1) is 6.13.